The molecule has 0 radical (unpaired) electrons. The van der Waals surface area contributed by atoms with Crippen molar-refractivity contribution in [3.63, 3.8) is 0 Å². The number of aromatic hydroxyl groups is 1. The van der Waals surface area contributed by atoms with Gasteiger partial charge in [0.1, 0.15) is 18.1 Å². The molecule has 3 rings (SSSR count). The third kappa shape index (κ3) is 5.72. The molecule has 1 saturated carbocycles. The number of phenolic OH excluding ortho intramolecular Hbond substituents is 1. The van der Waals surface area contributed by atoms with Gasteiger partial charge in [-0.3, -0.25) is 4.79 Å². The molecule has 154 valence electrons. The summed E-state index contributed by atoms with van der Waals surface area (Å²) in [5, 5.41) is 13.6. The van der Waals surface area contributed by atoms with Crippen molar-refractivity contribution < 1.29 is 38.4 Å². The van der Waals surface area contributed by atoms with Crippen molar-refractivity contribution in [2.75, 3.05) is 6.54 Å². The van der Waals surface area contributed by atoms with E-state index >= 15 is 0 Å². The lowest BCUT2D eigenvalue weighted by Crippen LogP contribution is -3.00. The summed E-state index contributed by atoms with van der Waals surface area (Å²) in [5.41, 5.74) is 1.76. The maximum Gasteiger partial charge on any atom is 0.253 e. The number of hydrogen-bond donors (Lipinski definition) is 2. The number of carbonyl (C=O) groups excluding carboxylic acids is 1. The van der Waals surface area contributed by atoms with Gasteiger partial charge in [0.2, 0.25) is 5.91 Å². The van der Waals surface area contributed by atoms with E-state index in [9.17, 15) is 9.90 Å². The van der Waals surface area contributed by atoms with Crippen LogP contribution in [0.4, 0.5) is 0 Å². The van der Waals surface area contributed by atoms with Crippen LogP contribution in [0.15, 0.2) is 30.6 Å². The molecule has 28 heavy (non-hydrogen) atoms. The summed E-state index contributed by atoms with van der Waals surface area (Å²) in [6.45, 7) is 3.61. The molecule has 1 aliphatic rings. The maximum absolute atomic E-state index is 12.3. The summed E-state index contributed by atoms with van der Waals surface area (Å²) in [5.74, 6) is 1.94. The van der Waals surface area contributed by atoms with Crippen LogP contribution < -0.4 is 33.9 Å². The monoisotopic (exact) mass is 497 g/mol. The van der Waals surface area contributed by atoms with Crippen molar-refractivity contribution in [2.24, 2.45) is 7.05 Å². The molecule has 1 aliphatic carbocycles. The molecule has 2 N–H and O–H groups in total. The maximum atomic E-state index is 12.3. The second kappa shape index (κ2) is 10.8. The highest BCUT2D eigenvalue weighted by molar-refractivity contribution is 5.79. The first-order valence-electron chi connectivity index (χ1n) is 10.1. The number of imidazole rings is 1. The van der Waals surface area contributed by atoms with Gasteiger partial charge in [0, 0.05) is 25.5 Å². The number of amides is 1. The molecule has 0 aliphatic heterocycles. The van der Waals surface area contributed by atoms with E-state index in [-0.39, 0.29) is 36.3 Å². The first-order chi connectivity index (χ1) is 13.1. The molecule has 6 heteroatoms. The molecule has 1 heterocycles. The highest BCUT2D eigenvalue weighted by Crippen LogP contribution is 2.38. The zero-order valence-corrected chi connectivity index (χ0v) is 19.1. The lowest BCUT2D eigenvalue weighted by Gasteiger charge is -2.23. The van der Waals surface area contributed by atoms with Crippen molar-refractivity contribution in [3.05, 3.63) is 47.5 Å². The number of phenols is 1. The minimum Gasteiger partial charge on any atom is -1.00 e. The smallest absolute Gasteiger partial charge is 0.253 e. The number of halogens is 1. The number of carbonyl (C=O) groups is 1. The van der Waals surface area contributed by atoms with Crippen molar-refractivity contribution in [3.8, 4) is 5.75 Å². The Balaban J connectivity index is 0.00000280. The average Bonchev–Trinajstić information content (AvgIpc) is 3.00. The average molecular weight is 497 g/mol. The van der Waals surface area contributed by atoms with Crippen LogP contribution in [0.25, 0.3) is 0 Å². The fourth-order valence-electron chi connectivity index (χ4n) is 4.04. The summed E-state index contributed by atoms with van der Waals surface area (Å²) >= 11 is 0. The third-order valence-electron chi connectivity index (χ3n) is 5.84. The number of aromatic nitrogens is 2. The van der Waals surface area contributed by atoms with E-state index in [2.05, 4.69) is 27.6 Å². The highest BCUT2D eigenvalue weighted by Gasteiger charge is 2.20. The van der Waals surface area contributed by atoms with Gasteiger partial charge in [-0.1, -0.05) is 37.5 Å². The van der Waals surface area contributed by atoms with Crippen LogP contribution >= 0.6 is 0 Å². The minimum absolute atomic E-state index is 0. The van der Waals surface area contributed by atoms with Crippen LogP contribution in [-0.2, 0) is 24.8 Å². The van der Waals surface area contributed by atoms with E-state index in [1.807, 2.05) is 31.4 Å². The number of benzene rings is 1. The van der Waals surface area contributed by atoms with Gasteiger partial charge in [0.25, 0.3) is 5.82 Å². The van der Waals surface area contributed by atoms with Gasteiger partial charge in [0.15, 0.2) is 0 Å². The largest absolute Gasteiger partial charge is 1.00 e. The second-order valence-corrected chi connectivity index (χ2v) is 7.72. The van der Waals surface area contributed by atoms with Crippen LogP contribution in [0.1, 0.15) is 61.4 Å². The fraction of sp³-hybridized carbons (Fsp3) is 0.545. The molecule has 0 atom stereocenters. The quantitative estimate of drug-likeness (QED) is 0.325. The molecular formula is C22H32IN3O2. The SMILES string of the molecule is Cc1n(CCCNC(=O)Cc2cccc(C3CCCCC3)c2O)cc[n+]1C.[I-]. The van der Waals surface area contributed by atoms with Crippen LogP contribution in [0, 0.1) is 6.92 Å². The Labute approximate surface area is 185 Å². The first kappa shape index (κ1) is 22.7. The van der Waals surface area contributed by atoms with Gasteiger partial charge in [0.05, 0.1) is 20.0 Å². The Kier molecular flexibility index (Phi) is 8.79. The minimum atomic E-state index is -0.0270. The number of rotatable bonds is 7. The Morgan fingerprint density at radius 2 is 2.04 bits per heavy atom. The Bertz CT molecular complexity index is 782. The predicted octanol–water partition coefficient (Wildman–Crippen LogP) is 0.127. The first-order valence-corrected chi connectivity index (χ1v) is 10.1. The van der Waals surface area contributed by atoms with Gasteiger partial charge in [-0.05, 0) is 24.3 Å². The predicted molar refractivity (Wildman–Crippen MR) is 106 cm³/mol. The number of aryl methyl sites for hydroxylation is 2. The van der Waals surface area contributed by atoms with E-state index in [1.54, 1.807) is 0 Å². The van der Waals surface area contributed by atoms with E-state index in [1.165, 1.54) is 25.1 Å². The Morgan fingerprint density at radius 3 is 2.71 bits per heavy atom. The van der Waals surface area contributed by atoms with Crippen LogP contribution in [-0.4, -0.2) is 22.1 Å². The van der Waals surface area contributed by atoms with Crippen molar-refractivity contribution in [1.82, 2.24) is 9.88 Å². The van der Waals surface area contributed by atoms with Gasteiger partial charge >= 0.3 is 0 Å². The van der Waals surface area contributed by atoms with Gasteiger partial charge < -0.3 is 34.4 Å². The fourth-order valence-corrected chi connectivity index (χ4v) is 4.04. The third-order valence-corrected chi connectivity index (χ3v) is 5.84. The molecular weight excluding hydrogens is 465 g/mol. The van der Waals surface area contributed by atoms with Crippen molar-refractivity contribution >= 4 is 5.91 Å². The zero-order valence-electron chi connectivity index (χ0n) is 17.0. The number of hydrogen-bond acceptors (Lipinski definition) is 2. The van der Waals surface area contributed by atoms with Gasteiger partial charge in [-0.2, -0.15) is 0 Å². The molecule has 1 amide bonds. The molecule has 1 fully saturated rings. The second-order valence-electron chi connectivity index (χ2n) is 7.72. The Morgan fingerprint density at radius 1 is 1.29 bits per heavy atom. The molecule has 0 unspecified atom stereocenters. The van der Waals surface area contributed by atoms with Gasteiger partial charge in [-0.15, -0.1) is 0 Å². The number of nitrogens with zero attached hydrogens (tertiary/aromatic N) is 2. The molecule has 2 aromatic rings. The van der Waals surface area contributed by atoms with Crippen LogP contribution in [0.3, 0.4) is 0 Å². The summed E-state index contributed by atoms with van der Waals surface area (Å²) in [4.78, 5) is 12.3. The summed E-state index contributed by atoms with van der Waals surface area (Å²) in [6.07, 6.45) is 11.3. The standard InChI is InChI=1S/C22H31N3O2.HI/c1-17-24(2)14-15-25(17)13-7-12-23-21(26)16-19-10-6-11-20(22(19)27)18-8-4-3-5-9-18;/h6,10-11,14-15,18H,3-5,7-9,12-13,16H2,1-2H3,(H-,23,26,27);1H. The molecule has 0 bridgehead atoms. The van der Waals surface area contributed by atoms with Crippen LogP contribution in [0.5, 0.6) is 5.75 Å². The van der Waals surface area contributed by atoms with E-state index in [0.29, 0.717) is 18.2 Å². The molecule has 0 saturated heterocycles. The molecule has 1 aromatic carbocycles. The molecule has 1 aromatic heterocycles. The zero-order chi connectivity index (χ0) is 19.2. The highest BCUT2D eigenvalue weighted by atomic mass is 127. The Hall–Kier alpha value is -1.57. The van der Waals surface area contributed by atoms with E-state index in [0.717, 1.165) is 36.9 Å². The lowest BCUT2D eigenvalue weighted by molar-refractivity contribution is -0.677. The van der Waals surface area contributed by atoms with Crippen molar-refractivity contribution in [2.45, 2.75) is 64.3 Å². The summed E-state index contributed by atoms with van der Waals surface area (Å²) in [7, 11) is 2.03. The topological polar surface area (TPSA) is 58.1 Å². The molecule has 5 nitrogen and oxygen atoms in total. The normalized spacial score (nSPS) is 14.5. The molecule has 0 spiro atoms. The lowest BCUT2D eigenvalue weighted by atomic mass is 9.83. The van der Waals surface area contributed by atoms with Crippen molar-refractivity contribution in [1.29, 1.82) is 0 Å². The number of nitrogens with one attached hydrogen (secondary N) is 1. The number of para-hydroxylation sites is 1. The summed E-state index contributed by atoms with van der Waals surface area (Å²) < 4.78 is 4.27. The van der Waals surface area contributed by atoms with E-state index < -0.39 is 0 Å². The van der Waals surface area contributed by atoms with Gasteiger partial charge in [-0.25, -0.2) is 9.13 Å². The van der Waals surface area contributed by atoms with Crippen LogP contribution in [0.2, 0.25) is 0 Å². The van der Waals surface area contributed by atoms with E-state index in [4.69, 9.17) is 0 Å². The summed E-state index contributed by atoms with van der Waals surface area (Å²) in [6, 6.07) is 5.86.